The summed E-state index contributed by atoms with van der Waals surface area (Å²) in [6.45, 7) is 0. The summed E-state index contributed by atoms with van der Waals surface area (Å²) in [6, 6.07) is 11.6. The summed E-state index contributed by atoms with van der Waals surface area (Å²) in [5, 5.41) is 17.6. The molecule has 0 bridgehead atoms. The smallest absolute Gasteiger partial charge is 0.337 e. The molecule has 2 aromatic rings. The molecule has 138 valence electrons. The fraction of sp³-hybridized carbons (Fsp3) is 0.211. The third-order valence-corrected chi connectivity index (χ3v) is 4.15. The third kappa shape index (κ3) is 3.84. The van der Waals surface area contributed by atoms with E-state index in [-0.39, 0.29) is 24.1 Å². The van der Waals surface area contributed by atoms with Gasteiger partial charge < -0.3 is 10.0 Å². The first-order valence-electron chi connectivity index (χ1n) is 8.29. The molecular formula is C19H18N4O4. The van der Waals surface area contributed by atoms with Crippen molar-refractivity contribution in [1.29, 1.82) is 0 Å². The normalized spacial score (nSPS) is 14.2. The molecule has 2 amide bonds. The van der Waals surface area contributed by atoms with Gasteiger partial charge >= 0.3 is 5.97 Å². The highest BCUT2D eigenvalue weighted by molar-refractivity contribution is 6.22. The monoisotopic (exact) mass is 366 g/mol. The van der Waals surface area contributed by atoms with Crippen molar-refractivity contribution in [2.45, 2.75) is 12.8 Å². The minimum absolute atomic E-state index is 0.0226. The maximum atomic E-state index is 12.0. The van der Waals surface area contributed by atoms with Gasteiger partial charge in [0.25, 0.3) is 0 Å². The van der Waals surface area contributed by atoms with Gasteiger partial charge in [0.1, 0.15) is 0 Å². The van der Waals surface area contributed by atoms with Crippen molar-refractivity contribution < 1.29 is 19.5 Å². The molecule has 8 nitrogen and oxygen atoms in total. The molecular weight excluding hydrogens is 348 g/mol. The van der Waals surface area contributed by atoms with Gasteiger partial charge in [0, 0.05) is 32.6 Å². The van der Waals surface area contributed by atoms with E-state index >= 15 is 0 Å². The first kappa shape index (κ1) is 18.2. The van der Waals surface area contributed by atoms with Crippen molar-refractivity contribution in [3.63, 3.8) is 0 Å². The van der Waals surface area contributed by atoms with Crippen molar-refractivity contribution in [1.82, 2.24) is 0 Å². The number of benzene rings is 2. The lowest BCUT2D eigenvalue weighted by molar-refractivity contribution is -0.121. The van der Waals surface area contributed by atoms with Crippen molar-refractivity contribution in [2.75, 3.05) is 23.9 Å². The van der Waals surface area contributed by atoms with Crippen LogP contribution in [0.1, 0.15) is 23.2 Å². The van der Waals surface area contributed by atoms with E-state index in [9.17, 15) is 19.5 Å². The highest BCUT2D eigenvalue weighted by Crippen LogP contribution is 2.31. The molecule has 1 saturated heterocycles. The van der Waals surface area contributed by atoms with E-state index < -0.39 is 17.8 Å². The Hall–Kier alpha value is -3.55. The van der Waals surface area contributed by atoms with E-state index in [2.05, 4.69) is 10.2 Å². The Morgan fingerprint density at radius 1 is 0.963 bits per heavy atom. The lowest BCUT2D eigenvalue weighted by atomic mass is 10.1. The van der Waals surface area contributed by atoms with Gasteiger partial charge in [-0.2, -0.15) is 10.2 Å². The number of carbonyl (C=O) groups is 3. The van der Waals surface area contributed by atoms with E-state index in [1.165, 1.54) is 18.2 Å². The molecule has 0 atom stereocenters. The summed E-state index contributed by atoms with van der Waals surface area (Å²) >= 11 is 0. The fourth-order valence-corrected chi connectivity index (χ4v) is 2.73. The van der Waals surface area contributed by atoms with Crippen molar-refractivity contribution in [2.24, 2.45) is 10.2 Å². The Morgan fingerprint density at radius 3 is 2.07 bits per heavy atom. The molecule has 0 aromatic heterocycles. The minimum atomic E-state index is -1.22. The zero-order chi connectivity index (χ0) is 19.6. The molecule has 3 rings (SSSR count). The SMILES string of the molecule is CN(C)c1ccc(N=Nc2ccc(C(=O)O)c(N3C(=O)CCC3=O)c2)cc1. The number of carboxylic acids is 1. The van der Waals surface area contributed by atoms with Crippen LogP contribution in [0, 0.1) is 0 Å². The number of carbonyl (C=O) groups excluding carboxylic acids is 2. The zero-order valence-electron chi connectivity index (χ0n) is 14.9. The lowest BCUT2D eigenvalue weighted by Gasteiger charge is -2.16. The van der Waals surface area contributed by atoms with Gasteiger partial charge in [0.2, 0.25) is 11.8 Å². The minimum Gasteiger partial charge on any atom is -0.478 e. The molecule has 1 N–H and O–H groups in total. The molecule has 2 aromatic carbocycles. The first-order chi connectivity index (χ1) is 12.9. The van der Waals surface area contributed by atoms with Crippen LogP contribution < -0.4 is 9.80 Å². The summed E-state index contributed by atoms with van der Waals surface area (Å²) in [5.41, 5.74) is 1.88. The second kappa shape index (κ2) is 7.36. The number of anilines is 2. The van der Waals surface area contributed by atoms with Gasteiger partial charge in [-0.3, -0.25) is 9.59 Å². The molecule has 0 aliphatic carbocycles. The molecule has 1 fully saturated rings. The largest absolute Gasteiger partial charge is 0.478 e. The van der Waals surface area contributed by atoms with Crippen LogP contribution in [0.2, 0.25) is 0 Å². The van der Waals surface area contributed by atoms with Crippen molar-refractivity contribution in [3.05, 3.63) is 48.0 Å². The quantitative estimate of drug-likeness (QED) is 0.644. The molecule has 1 aliphatic rings. The number of nitrogens with zero attached hydrogens (tertiary/aromatic N) is 4. The molecule has 1 heterocycles. The van der Waals surface area contributed by atoms with Crippen LogP contribution in [-0.2, 0) is 9.59 Å². The average Bonchev–Trinajstić information content (AvgIpc) is 2.98. The molecule has 0 radical (unpaired) electrons. The number of carboxylic acid groups (broad SMARTS) is 1. The van der Waals surface area contributed by atoms with Crippen LogP contribution >= 0.6 is 0 Å². The predicted octanol–water partition coefficient (Wildman–Crippen LogP) is 3.52. The van der Waals surface area contributed by atoms with E-state index in [0.29, 0.717) is 11.4 Å². The fourth-order valence-electron chi connectivity index (χ4n) is 2.73. The molecule has 8 heteroatoms. The van der Waals surface area contributed by atoms with E-state index in [1.807, 2.05) is 31.1 Å². The van der Waals surface area contributed by atoms with Crippen LogP contribution in [0.4, 0.5) is 22.7 Å². The van der Waals surface area contributed by atoms with Crippen LogP contribution in [0.3, 0.4) is 0 Å². The van der Waals surface area contributed by atoms with Crippen LogP contribution in [0.15, 0.2) is 52.7 Å². The maximum Gasteiger partial charge on any atom is 0.337 e. The first-order valence-corrected chi connectivity index (χ1v) is 8.29. The van der Waals surface area contributed by atoms with Gasteiger partial charge in [-0.1, -0.05) is 0 Å². The number of hydrogen-bond acceptors (Lipinski definition) is 6. The number of aromatic carboxylic acids is 1. The Labute approximate surface area is 155 Å². The number of azo groups is 1. The number of imide groups is 1. The summed E-state index contributed by atoms with van der Waals surface area (Å²) in [7, 11) is 3.87. The number of hydrogen-bond donors (Lipinski definition) is 1. The summed E-state index contributed by atoms with van der Waals surface area (Å²) in [4.78, 5) is 38.3. The molecule has 0 unspecified atom stereocenters. The predicted molar refractivity (Wildman–Crippen MR) is 100 cm³/mol. The Kier molecular flexibility index (Phi) is 4.98. The standard InChI is InChI=1S/C19H18N4O4/c1-22(2)14-6-3-12(4-7-14)20-21-13-5-8-15(19(26)27)16(11-13)23-17(24)9-10-18(23)25/h3-8,11H,9-10H2,1-2H3,(H,26,27). The van der Waals surface area contributed by atoms with Crippen LogP contribution in [-0.4, -0.2) is 37.0 Å². The topological polar surface area (TPSA) is 103 Å². The molecule has 0 saturated carbocycles. The Bertz CT molecular complexity index is 919. The third-order valence-electron chi connectivity index (χ3n) is 4.15. The number of rotatable bonds is 5. The van der Waals surface area contributed by atoms with Gasteiger partial charge in [-0.05, 0) is 42.5 Å². The summed E-state index contributed by atoms with van der Waals surface area (Å²) in [6.07, 6.45) is 0.143. The number of amides is 2. The van der Waals surface area contributed by atoms with E-state index in [1.54, 1.807) is 12.1 Å². The average molecular weight is 366 g/mol. The Morgan fingerprint density at radius 2 is 1.52 bits per heavy atom. The maximum absolute atomic E-state index is 12.0. The van der Waals surface area contributed by atoms with Crippen LogP contribution in [0.25, 0.3) is 0 Å². The second-order valence-corrected chi connectivity index (χ2v) is 6.24. The summed E-state index contributed by atoms with van der Waals surface area (Å²) < 4.78 is 0. The van der Waals surface area contributed by atoms with E-state index in [0.717, 1.165) is 10.6 Å². The van der Waals surface area contributed by atoms with Gasteiger partial charge in [-0.25, -0.2) is 9.69 Å². The second-order valence-electron chi connectivity index (χ2n) is 6.24. The zero-order valence-corrected chi connectivity index (χ0v) is 14.9. The Balaban J connectivity index is 1.92. The molecule has 0 spiro atoms. The van der Waals surface area contributed by atoms with Crippen molar-refractivity contribution >= 4 is 40.5 Å². The van der Waals surface area contributed by atoms with Gasteiger partial charge in [0.05, 0.1) is 22.6 Å². The van der Waals surface area contributed by atoms with E-state index in [4.69, 9.17) is 0 Å². The van der Waals surface area contributed by atoms with Crippen molar-refractivity contribution in [3.8, 4) is 0 Å². The molecule has 1 aliphatic heterocycles. The lowest BCUT2D eigenvalue weighted by Crippen LogP contribution is -2.30. The van der Waals surface area contributed by atoms with Crippen LogP contribution in [0.5, 0.6) is 0 Å². The highest BCUT2D eigenvalue weighted by Gasteiger charge is 2.33. The molecule has 27 heavy (non-hydrogen) atoms. The van der Waals surface area contributed by atoms with Gasteiger partial charge in [-0.15, -0.1) is 0 Å². The summed E-state index contributed by atoms with van der Waals surface area (Å²) in [5.74, 6) is -2.06. The highest BCUT2D eigenvalue weighted by atomic mass is 16.4. The van der Waals surface area contributed by atoms with Gasteiger partial charge in [0.15, 0.2) is 0 Å².